The third kappa shape index (κ3) is 5.53. The maximum Gasteiger partial charge on any atom is 0.161 e. The summed E-state index contributed by atoms with van der Waals surface area (Å²) in [6.45, 7) is 7.08. The fourth-order valence-electron chi connectivity index (χ4n) is 2.70. The molecule has 0 aliphatic carbocycles. The highest BCUT2D eigenvalue weighted by atomic mass is 16.5. The lowest BCUT2D eigenvalue weighted by Crippen LogP contribution is -2.11. The van der Waals surface area contributed by atoms with E-state index in [9.17, 15) is 0 Å². The molecule has 0 N–H and O–H groups in total. The summed E-state index contributed by atoms with van der Waals surface area (Å²) in [6.07, 6.45) is 1.50. The molecule has 144 valence electrons. The molecule has 0 saturated carbocycles. The summed E-state index contributed by atoms with van der Waals surface area (Å²) in [6, 6.07) is 15.1. The maximum absolute atomic E-state index is 8.87. The molecule has 0 fully saturated rings. The quantitative estimate of drug-likeness (QED) is 0.478. The van der Waals surface area contributed by atoms with E-state index < -0.39 is 0 Å². The van der Waals surface area contributed by atoms with Crippen LogP contribution in [0, 0.1) is 29.6 Å². The van der Waals surface area contributed by atoms with E-state index in [0.29, 0.717) is 36.2 Å². The van der Waals surface area contributed by atoms with Crippen molar-refractivity contribution in [1.29, 1.82) is 10.5 Å². The Balaban J connectivity index is 2.02. The molecular formula is C23H24N2O3. The van der Waals surface area contributed by atoms with Crippen LogP contribution in [-0.2, 0) is 0 Å². The predicted molar refractivity (Wildman–Crippen MR) is 108 cm³/mol. The summed E-state index contributed by atoms with van der Waals surface area (Å²) in [5.74, 6) is 2.37. The molecule has 2 rings (SSSR count). The van der Waals surface area contributed by atoms with Crippen LogP contribution >= 0.6 is 0 Å². The van der Waals surface area contributed by atoms with Crippen molar-refractivity contribution in [3.63, 3.8) is 0 Å². The molecule has 0 aliphatic heterocycles. The molecular weight excluding hydrogens is 352 g/mol. The second-order valence-corrected chi connectivity index (χ2v) is 6.58. The van der Waals surface area contributed by atoms with Gasteiger partial charge in [-0.3, -0.25) is 0 Å². The zero-order chi connectivity index (χ0) is 20.5. The number of nitriles is 2. The number of allylic oxidation sites excluding steroid dienone is 1. The van der Waals surface area contributed by atoms with Crippen molar-refractivity contribution in [3.05, 3.63) is 58.7 Å². The molecule has 0 bridgehead atoms. The summed E-state index contributed by atoms with van der Waals surface area (Å²) in [5, 5.41) is 17.7. The van der Waals surface area contributed by atoms with Gasteiger partial charge in [-0.15, -0.1) is 0 Å². The van der Waals surface area contributed by atoms with Crippen molar-refractivity contribution in [1.82, 2.24) is 0 Å². The molecule has 0 unspecified atom stereocenters. The van der Waals surface area contributed by atoms with Crippen LogP contribution < -0.4 is 14.2 Å². The van der Waals surface area contributed by atoms with Crippen LogP contribution in [0.2, 0.25) is 0 Å². The Kier molecular flexibility index (Phi) is 7.48. The normalized spacial score (nSPS) is 9.96. The van der Waals surface area contributed by atoms with E-state index in [2.05, 4.69) is 26.0 Å². The molecule has 5 nitrogen and oxygen atoms in total. The zero-order valence-corrected chi connectivity index (χ0v) is 16.7. The minimum absolute atomic E-state index is 0.0308. The highest BCUT2D eigenvalue weighted by molar-refractivity contribution is 5.64. The van der Waals surface area contributed by atoms with E-state index >= 15 is 0 Å². The molecule has 0 atom stereocenters. The fourth-order valence-corrected chi connectivity index (χ4v) is 2.70. The number of rotatable bonds is 8. The van der Waals surface area contributed by atoms with Gasteiger partial charge in [0.05, 0.1) is 7.11 Å². The zero-order valence-electron chi connectivity index (χ0n) is 16.7. The Hall–Kier alpha value is -3.44. The molecule has 2 aromatic rings. The third-order valence-corrected chi connectivity index (χ3v) is 4.13. The lowest BCUT2D eigenvalue weighted by Gasteiger charge is -2.16. The highest BCUT2D eigenvalue weighted by Crippen LogP contribution is 2.30. The number of nitrogens with zero attached hydrogens (tertiary/aromatic N) is 2. The molecule has 28 heavy (non-hydrogen) atoms. The van der Waals surface area contributed by atoms with Gasteiger partial charge in [-0.1, -0.05) is 32.0 Å². The van der Waals surface area contributed by atoms with Crippen LogP contribution in [0.15, 0.2) is 42.0 Å². The van der Waals surface area contributed by atoms with Crippen molar-refractivity contribution < 1.29 is 14.2 Å². The number of hydrogen-bond donors (Lipinski definition) is 0. The van der Waals surface area contributed by atoms with Gasteiger partial charge < -0.3 is 14.2 Å². The van der Waals surface area contributed by atoms with E-state index in [0.717, 1.165) is 11.3 Å². The van der Waals surface area contributed by atoms with Crippen LogP contribution in [-0.4, -0.2) is 20.3 Å². The lowest BCUT2D eigenvalue weighted by molar-refractivity contribution is 0.210. The molecule has 2 aromatic carbocycles. The molecule has 5 heteroatoms. The summed E-state index contributed by atoms with van der Waals surface area (Å²) < 4.78 is 17.1. The highest BCUT2D eigenvalue weighted by Gasteiger charge is 2.09. The van der Waals surface area contributed by atoms with Gasteiger partial charge in [-0.05, 0) is 53.8 Å². The first kappa shape index (κ1) is 20.9. The molecule has 0 spiro atoms. The van der Waals surface area contributed by atoms with Crippen molar-refractivity contribution >= 4 is 6.08 Å². The van der Waals surface area contributed by atoms with Gasteiger partial charge in [0, 0.05) is 0 Å². The molecule has 0 saturated heterocycles. The summed E-state index contributed by atoms with van der Waals surface area (Å²) >= 11 is 0. The van der Waals surface area contributed by atoms with E-state index in [1.54, 1.807) is 25.3 Å². The van der Waals surface area contributed by atoms with Gasteiger partial charge >= 0.3 is 0 Å². The number of hydrogen-bond acceptors (Lipinski definition) is 5. The predicted octanol–water partition coefficient (Wildman–Crippen LogP) is 5.02. The van der Waals surface area contributed by atoms with Crippen molar-refractivity contribution in [2.75, 3.05) is 20.3 Å². The number of methoxy groups -OCH3 is 1. The third-order valence-electron chi connectivity index (χ3n) is 4.13. The molecule has 0 heterocycles. The van der Waals surface area contributed by atoms with Crippen LogP contribution in [0.3, 0.4) is 0 Å². The summed E-state index contributed by atoms with van der Waals surface area (Å²) in [5.41, 5.74) is 3.05. The smallest absolute Gasteiger partial charge is 0.161 e. The first-order valence-electron chi connectivity index (χ1n) is 9.04. The van der Waals surface area contributed by atoms with Crippen LogP contribution in [0.1, 0.15) is 36.5 Å². The SMILES string of the molecule is COc1cc(C=C(C#N)C#N)ccc1OCCOc1cc(C)ccc1C(C)C. The van der Waals surface area contributed by atoms with Crippen LogP contribution in [0.25, 0.3) is 6.08 Å². The Morgan fingerprint density at radius 3 is 2.25 bits per heavy atom. The number of ether oxygens (including phenoxy) is 3. The largest absolute Gasteiger partial charge is 0.493 e. The van der Waals surface area contributed by atoms with Crippen molar-refractivity contribution in [2.45, 2.75) is 26.7 Å². The average Bonchev–Trinajstić information content (AvgIpc) is 2.69. The first-order valence-corrected chi connectivity index (χ1v) is 9.04. The van der Waals surface area contributed by atoms with Gasteiger partial charge in [0.2, 0.25) is 0 Å². The molecule has 0 radical (unpaired) electrons. The average molecular weight is 376 g/mol. The summed E-state index contributed by atoms with van der Waals surface area (Å²) in [7, 11) is 1.54. The molecule has 0 amide bonds. The number of aryl methyl sites for hydroxylation is 1. The standard InChI is InChI=1S/C23H24N2O3/c1-16(2)20-7-5-17(3)11-22(20)28-10-9-27-21-8-6-18(13-23(21)26-4)12-19(14-24)15-25/h5-8,11-13,16H,9-10H2,1-4H3. The van der Waals surface area contributed by atoms with Crippen LogP contribution in [0.5, 0.6) is 17.2 Å². The Morgan fingerprint density at radius 1 is 0.964 bits per heavy atom. The second kappa shape index (κ2) is 10.0. The van der Waals surface area contributed by atoms with Gasteiger partial charge in [-0.25, -0.2) is 0 Å². The van der Waals surface area contributed by atoms with E-state index in [4.69, 9.17) is 24.7 Å². The molecule has 0 aromatic heterocycles. The monoisotopic (exact) mass is 376 g/mol. The van der Waals surface area contributed by atoms with Gasteiger partial charge in [0.1, 0.15) is 36.7 Å². The van der Waals surface area contributed by atoms with Gasteiger partial charge in [-0.2, -0.15) is 10.5 Å². The first-order chi connectivity index (χ1) is 13.5. The van der Waals surface area contributed by atoms with E-state index in [1.807, 2.05) is 25.1 Å². The maximum atomic E-state index is 8.87. The molecule has 0 aliphatic rings. The lowest BCUT2D eigenvalue weighted by atomic mass is 10.0. The summed E-state index contributed by atoms with van der Waals surface area (Å²) in [4.78, 5) is 0. The number of benzene rings is 2. The van der Waals surface area contributed by atoms with Gasteiger partial charge in [0.25, 0.3) is 0 Å². The minimum atomic E-state index is 0.0308. The minimum Gasteiger partial charge on any atom is -0.493 e. The Morgan fingerprint density at radius 2 is 1.64 bits per heavy atom. The van der Waals surface area contributed by atoms with E-state index in [1.165, 1.54) is 11.6 Å². The topological polar surface area (TPSA) is 75.3 Å². The van der Waals surface area contributed by atoms with Gasteiger partial charge in [0.15, 0.2) is 11.5 Å². The van der Waals surface area contributed by atoms with E-state index in [-0.39, 0.29) is 5.57 Å². The van der Waals surface area contributed by atoms with Crippen LogP contribution in [0.4, 0.5) is 0 Å². The Labute approximate surface area is 166 Å². The fraction of sp³-hybridized carbons (Fsp3) is 0.304. The van der Waals surface area contributed by atoms with Crippen molar-refractivity contribution in [3.8, 4) is 29.4 Å². The Bertz CT molecular complexity index is 918. The second-order valence-electron chi connectivity index (χ2n) is 6.58. The van der Waals surface area contributed by atoms with Crippen molar-refractivity contribution in [2.24, 2.45) is 0 Å².